The summed E-state index contributed by atoms with van der Waals surface area (Å²) in [5, 5.41) is 0.716. The Morgan fingerprint density at radius 3 is 2.71 bits per heavy atom. The molecule has 0 aliphatic heterocycles. The summed E-state index contributed by atoms with van der Waals surface area (Å²) in [5.41, 5.74) is 3.91. The van der Waals surface area contributed by atoms with Crippen LogP contribution in [-0.4, -0.2) is 12.5 Å². The minimum atomic E-state index is -0.370. The Morgan fingerprint density at radius 2 is 2.18 bits per heavy atom. The van der Waals surface area contributed by atoms with Crippen LogP contribution in [0.2, 0.25) is 5.02 Å². The van der Waals surface area contributed by atoms with Crippen molar-refractivity contribution in [1.82, 2.24) is 5.43 Å². The first-order valence-corrected chi connectivity index (χ1v) is 5.75. The number of hydrazine groups is 1. The number of aryl methyl sites for hydroxylation is 1. The minimum absolute atomic E-state index is 0.101. The van der Waals surface area contributed by atoms with Crippen molar-refractivity contribution < 1.29 is 9.53 Å². The molecule has 0 aliphatic rings. The zero-order valence-electron chi connectivity index (χ0n) is 10.2. The number of benzene rings is 1. The van der Waals surface area contributed by atoms with E-state index in [0.29, 0.717) is 16.7 Å². The van der Waals surface area contributed by atoms with Gasteiger partial charge in [0.15, 0.2) is 6.61 Å². The largest absolute Gasteiger partial charge is 0.483 e. The fourth-order valence-electron chi connectivity index (χ4n) is 1.45. The number of carbonyl (C=O) groups excluding carboxylic acids is 1. The first kappa shape index (κ1) is 13.8. The summed E-state index contributed by atoms with van der Waals surface area (Å²) in [5.74, 6) is 5.56. The van der Waals surface area contributed by atoms with Gasteiger partial charge in [0.1, 0.15) is 5.75 Å². The van der Waals surface area contributed by atoms with E-state index in [2.05, 4.69) is 0 Å². The van der Waals surface area contributed by atoms with Crippen molar-refractivity contribution in [2.75, 3.05) is 6.61 Å². The third-order valence-corrected chi connectivity index (χ3v) is 2.76. The van der Waals surface area contributed by atoms with Crippen LogP contribution in [0.5, 0.6) is 5.75 Å². The third kappa shape index (κ3) is 3.61. The number of nitrogens with two attached hydrogens (primary N) is 1. The topological polar surface area (TPSA) is 64.3 Å². The maximum Gasteiger partial charge on any atom is 0.271 e. The molecule has 0 spiro atoms. The Morgan fingerprint density at radius 1 is 1.53 bits per heavy atom. The van der Waals surface area contributed by atoms with Crippen LogP contribution in [0.4, 0.5) is 0 Å². The Hall–Kier alpha value is -1.26. The summed E-state index contributed by atoms with van der Waals surface area (Å²) in [6.45, 7) is 5.88. The van der Waals surface area contributed by atoms with E-state index in [1.807, 2.05) is 38.3 Å². The number of halogens is 1. The molecule has 0 fully saturated rings. The van der Waals surface area contributed by atoms with E-state index >= 15 is 0 Å². The van der Waals surface area contributed by atoms with Gasteiger partial charge in [0.25, 0.3) is 5.91 Å². The van der Waals surface area contributed by atoms with Crippen LogP contribution in [0.25, 0.3) is 0 Å². The second kappa shape index (κ2) is 5.89. The van der Waals surface area contributed by atoms with Crippen LogP contribution in [0.15, 0.2) is 12.1 Å². The quantitative estimate of drug-likeness (QED) is 0.493. The number of hydrogen-bond acceptors (Lipinski definition) is 3. The highest BCUT2D eigenvalue weighted by atomic mass is 35.5. The SMILES string of the molecule is Cc1cc(Cl)c(C(C)C)cc1OCC(=O)NN. The average Bonchev–Trinajstić information content (AvgIpc) is 2.26. The molecule has 1 aromatic rings. The van der Waals surface area contributed by atoms with E-state index in [9.17, 15) is 4.79 Å². The van der Waals surface area contributed by atoms with Gasteiger partial charge >= 0.3 is 0 Å². The summed E-state index contributed by atoms with van der Waals surface area (Å²) < 4.78 is 5.38. The number of hydrogen-bond donors (Lipinski definition) is 2. The molecule has 0 bridgehead atoms. The summed E-state index contributed by atoms with van der Waals surface area (Å²) in [7, 11) is 0. The summed E-state index contributed by atoms with van der Waals surface area (Å²) in [6.07, 6.45) is 0. The molecule has 0 aliphatic carbocycles. The fraction of sp³-hybridized carbons (Fsp3) is 0.417. The van der Waals surface area contributed by atoms with E-state index in [0.717, 1.165) is 11.1 Å². The molecule has 0 unspecified atom stereocenters. The van der Waals surface area contributed by atoms with Gasteiger partial charge in [0, 0.05) is 5.02 Å². The van der Waals surface area contributed by atoms with Crippen LogP contribution in [-0.2, 0) is 4.79 Å². The number of ether oxygens (including phenoxy) is 1. The van der Waals surface area contributed by atoms with Crippen molar-refractivity contribution >= 4 is 17.5 Å². The van der Waals surface area contributed by atoms with Gasteiger partial charge in [-0.3, -0.25) is 10.2 Å². The van der Waals surface area contributed by atoms with E-state index in [4.69, 9.17) is 22.2 Å². The monoisotopic (exact) mass is 256 g/mol. The van der Waals surface area contributed by atoms with Crippen LogP contribution in [0, 0.1) is 6.92 Å². The molecule has 3 N–H and O–H groups in total. The Balaban J connectivity index is 2.92. The first-order valence-electron chi connectivity index (χ1n) is 5.38. The molecule has 4 nitrogen and oxygen atoms in total. The standard InChI is InChI=1S/C12H17ClN2O2/c1-7(2)9-5-11(8(3)4-10(9)13)17-6-12(16)15-14/h4-5,7H,6,14H2,1-3H3,(H,15,16). The van der Waals surface area contributed by atoms with Gasteiger partial charge in [-0.05, 0) is 36.1 Å². The lowest BCUT2D eigenvalue weighted by Crippen LogP contribution is -2.34. The van der Waals surface area contributed by atoms with Crippen molar-refractivity contribution in [3.63, 3.8) is 0 Å². The van der Waals surface area contributed by atoms with Gasteiger partial charge in [-0.15, -0.1) is 0 Å². The molecule has 0 radical (unpaired) electrons. The molecule has 1 amide bonds. The van der Waals surface area contributed by atoms with Crippen LogP contribution >= 0.6 is 11.6 Å². The Kier molecular flexibility index (Phi) is 4.78. The van der Waals surface area contributed by atoms with Gasteiger partial charge in [-0.2, -0.15) is 0 Å². The molecule has 1 aromatic carbocycles. The zero-order chi connectivity index (χ0) is 13.0. The second-order valence-corrected chi connectivity index (χ2v) is 4.56. The molecule has 94 valence electrons. The molecular formula is C12H17ClN2O2. The molecule has 0 aromatic heterocycles. The summed E-state index contributed by atoms with van der Waals surface area (Å²) in [6, 6.07) is 3.71. The van der Waals surface area contributed by atoms with Gasteiger partial charge < -0.3 is 4.74 Å². The van der Waals surface area contributed by atoms with E-state index in [-0.39, 0.29) is 12.5 Å². The lowest BCUT2D eigenvalue weighted by atomic mass is 10.0. The summed E-state index contributed by atoms with van der Waals surface area (Å²) in [4.78, 5) is 11.0. The van der Waals surface area contributed by atoms with E-state index < -0.39 is 0 Å². The summed E-state index contributed by atoms with van der Waals surface area (Å²) >= 11 is 6.13. The van der Waals surface area contributed by atoms with Gasteiger partial charge in [0.2, 0.25) is 0 Å². The lowest BCUT2D eigenvalue weighted by Gasteiger charge is -2.14. The number of rotatable bonds is 4. The third-order valence-electron chi connectivity index (χ3n) is 2.44. The van der Waals surface area contributed by atoms with E-state index in [1.54, 1.807) is 0 Å². The molecule has 0 heterocycles. The second-order valence-electron chi connectivity index (χ2n) is 4.15. The van der Waals surface area contributed by atoms with Crippen molar-refractivity contribution in [2.24, 2.45) is 5.84 Å². The average molecular weight is 257 g/mol. The molecule has 0 saturated heterocycles. The van der Waals surface area contributed by atoms with Crippen LogP contribution < -0.4 is 16.0 Å². The maximum atomic E-state index is 11.0. The van der Waals surface area contributed by atoms with Gasteiger partial charge in [0.05, 0.1) is 0 Å². The Bertz CT molecular complexity index is 419. The molecule has 5 heteroatoms. The van der Waals surface area contributed by atoms with Crippen molar-refractivity contribution in [1.29, 1.82) is 0 Å². The van der Waals surface area contributed by atoms with Crippen molar-refractivity contribution in [2.45, 2.75) is 26.7 Å². The van der Waals surface area contributed by atoms with Gasteiger partial charge in [-0.25, -0.2) is 5.84 Å². The maximum absolute atomic E-state index is 11.0. The smallest absolute Gasteiger partial charge is 0.271 e. The predicted molar refractivity (Wildman–Crippen MR) is 68.1 cm³/mol. The molecular weight excluding hydrogens is 240 g/mol. The number of nitrogens with one attached hydrogen (secondary N) is 1. The Labute approximate surface area is 106 Å². The van der Waals surface area contributed by atoms with Crippen LogP contribution in [0.3, 0.4) is 0 Å². The van der Waals surface area contributed by atoms with Gasteiger partial charge in [-0.1, -0.05) is 25.4 Å². The highest BCUT2D eigenvalue weighted by Gasteiger charge is 2.11. The normalized spacial score (nSPS) is 10.5. The van der Waals surface area contributed by atoms with Crippen LogP contribution in [0.1, 0.15) is 30.9 Å². The zero-order valence-corrected chi connectivity index (χ0v) is 11.0. The highest BCUT2D eigenvalue weighted by Crippen LogP contribution is 2.31. The van der Waals surface area contributed by atoms with E-state index in [1.165, 1.54) is 0 Å². The minimum Gasteiger partial charge on any atom is -0.483 e. The van der Waals surface area contributed by atoms with Crippen molar-refractivity contribution in [3.05, 3.63) is 28.3 Å². The molecule has 0 saturated carbocycles. The van der Waals surface area contributed by atoms with Crippen molar-refractivity contribution in [3.8, 4) is 5.75 Å². The predicted octanol–water partition coefficient (Wildman–Crippen LogP) is 2.14. The fourth-order valence-corrected chi connectivity index (χ4v) is 1.89. The molecule has 0 atom stereocenters. The highest BCUT2D eigenvalue weighted by molar-refractivity contribution is 6.31. The number of carbonyl (C=O) groups is 1. The first-order chi connectivity index (χ1) is 7.95. The molecule has 1 rings (SSSR count). The molecule has 17 heavy (non-hydrogen) atoms. The lowest BCUT2D eigenvalue weighted by molar-refractivity contribution is -0.123. The number of amides is 1.